The molecule has 4 rings (SSSR count). The molecule has 0 spiro atoms. The summed E-state index contributed by atoms with van der Waals surface area (Å²) in [6.07, 6.45) is -1.26. The van der Waals surface area contributed by atoms with Crippen molar-refractivity contribution < 1.29 is 60.1 Å². The van der Waals surface area contributed by atoms with Gasteiger partial charge in [-0.15, -0.1) is 0 Å². The molecule has 1 aliphatic rings. The highest BCUT2D eigenvalue weighted by atomic mass is 35.5. The highest BCUT2D eigenvalue weighted by Crippen LogP contribution is 2.36. The van der Waals surface area contributed by atoms with E-state index in [9.17, 15) is 36.7 Å². The third kappa shape index (κ3) is 8.22. The van der Waals surface area contributed by atoms with E-state index in [2.05, 4.69) is 5.32 Å². The van der Waals surface area contributed by atoms with Crippen LogP contribution in [0.25, 0.3) is 0 Å². The summed E-state index contributed by atoms with van der Waals surface area (Å²) in [5.74, 6) is -6.02. The molecule has 2 heterocycles. The fraction of sp³-hybridized carbons (Fsp3) is 0.367. The molecule has 0 saturated carbocycles. The van der Waals surface area contributed by atoms with Crippen LogP contribution in [-0.4, -0.2) is 68.0 Å². The average Bonchev–Trinajstić information content (AvgIpc) is 3.53. The number of nitrogens with one attached hydrogen (secondary N) is 1. The van der Waals surface area contributed by atoms with Crippen molar-refractivity contribution in [3.05, 3.63) is 82.3 Å². The van der Waals surface area contributed by atoms with Gasteiger partial charge in [-0.2, -0.15) is 0 Å². The molecule has 1 aliphatic heterocycles. The zero-order chi connectivity index (χ0) is 35.4. The van der Waals surface area contributed by atoms with Gasteiger partial charge in [-0.25, -0.2) is 36.7 Å². The minimum absolute atomic E-state index is 0.0423. The molecule has 1 unspecified atom stereocenters. The van der Waals surface area contributed by atoms with Crippen molar-refractivity contribution in [2.75, 3.05) is 18.7 Å². The highest BCUT2D eigenvalue weighted by Gasteiger charge is 2.49. The number of rotatable bonds is 11. The molecular weight excluding hydrogens is 684 g/mol. The number of halogens is 3. The summed E-state index contributed by atoms with van der Waals surface area (Å²) in [6, 6.07) is 5.78. The van der Waals surface area contributed by atoms with Crippen LogP contribution in [0.1, 0.15) is 48.9 Å². The number of benzene rings is 2. The summed E-state index contributed by atoms with van der Waals surface area (Å²) in [4.78, 5) is 39.5. The molecular formula is C30H32ClF2N3O11S. The van der Waals surface area contributed by atoms with E-state index in [1.807, 2.05) is 0 Å². The number of aliphatic hydroxyl groups is 1. The molecule has 18 heteroatoms. The Labute approximate surface area is 278 Å². The van der Waals surface area contributed by atoms with E-state index in [0.29, 0.717) is 11.8 Å². The zero-order valence-electron chi connectivity index (χ0n) is 25.8. The molecule has 0 radical (unpaired) electrons. The number of esters is 2. The maximum atomic E-state index is 13.9. The first-order valence-corrected chi connectivity index (χ1v) is 16.3. The number of anilines is 1. The van der Waals surface area contributed by atoms with Crippen LogP contribution in [0.4, 0.5) is 19.3 Å². The Morgan fingerprint density at radius 3 is 2.46 bits per heavy atom. The Balaban J connectivity index is 1.42. The third-order valence-corrected chi connectivity index (χ3v) is 8.76. The van der Waals surface area contributed by atoms with Crippen LogP contribution in [0, 0.1) is 11.6 Å². The summed E-state index contributed by atoms with van der Waals surface area (Å²) < 4.78 is 78.0. The first kappa shape index (κ1) is 36.5. The number of ether oxygens (including phenoxy) is 4. The predicted molar refractivity (Wildman–Crippen MR) is 163 cm³/mol. The molecule has 1 saturated heterocycles. The van der Waals surface area contributed by atoms with E-state index < -0.39 is 75.4 Å². The predicted octanol–water partition coefficient (Wildman–Crippen LogP) is 4.00. The molecule has 3 aromatic rings. The largest absolute Gasteiger partial charge is 0.467 e. The van der Waals surface area contributed by atoms with E-state index in [-0.39, 0.29) is 41.4 Å². The standard InChI is InChI=1S/C30H32ClF2N3O11S/c1-4-25(47-27(37)22-11-26(48(34,41)42)23(31)12-24(22)35-13-21-6-5-7-43-21)28(38)44-15-45-29(39)36-16(2)14-46-30(40,17(36)3)18-8-19(32)10-20(33)9-18/h5-12,16-17,25,35,40H,4,13-15H2,1-3H3,(H2,34,41,42)/t16-,17+,25?,30-/m1/s1. The summed E-state index contributed by atoms with van der Waals surface area (Å²) in [5.41, 5.74) is -0.554. The number of morpholine rings is 1. The fourth-order valence-corrected chi connectivity index (χ4v) is 6.02. The van der Waals surface area contributed by atoms with Gasteiger partial charge in [0.05, 0.1) is 47.8 Å². The van der Waals surface area contributed by atoms with Crippen LogP contribution in [0.2, 0.25) is 5.02 Å². The molecule has 1 aromatic heterocycles. The molecule has 4 N–H and O–H groups in total. The Bertz CT molecular complexity index is 1760. The van der Waals surface area contributed by atoms with E-state index in [4.69, 9.17) is 40.1 Å². The maximum Gasteiger partial charge on any atom is 0.413 e. The SMILES string of the molecule is CCC(OC(=O)c1cc(S(N)(=O)=O)c(Cl)cc1NCc1ccco1)C(=O)OCOC(=O)N1[C@H](C)CO[C@@](O)(c2cc(F)cc(F)c2)[C@@H]1C. The molecule has 260 valence electrons. The summed E-state index contributed by atoms with van der Waals surface area (Å²) in [7, 11) is -4.37. The second-order valence-electron chi connectivity index (χ2n) is 10.7. The van der Waals surface area contributed by atoms with Crippen molar-refractivity contribution >= 4 is 45.3 Å². The van der Waals surface area contributed by atoms with E-state index >= 15 is 0 Å². The zero-order valence-corrected chi connectivity index (χ0v) is 27.3. The van der Waals surface area contributed by atoms with Gasteiger partial charge in [0.15, 0.2) is 6.10 Å². The topological polar surface area (TPSA) is 197 Å². The second kappa shape index (κ2) is 14.9. The molecule has 2 aromatic carbocycles. The van der Waals surface area contributed by atoms with Gasteiger partial charge in [0.2, 0.25) is 22.6 Å². The lowest BCUT2D eigenvalue weighted by molar-refractivity contribution is -0.280. The van der Waals surface area contributed by atoms with Crippen LogP contribution in [-0.2, 0) is 46.1 Å². The number of primary sulfonamides is 1. The Hall–Kier alpha value is -4.29. The minimum atomic E-state index is -4.37. The van der Waals surface area contributed by atoms with Crippen molar-refractivity contribution in [3.63, 3.8) is 0 Å². The van der Waals surface area contributed by atoms with Crippen molar-refractivity contribution in [2.45, 2.75) is 62.6 Å². The highest BCUT2D eigenvalue weighted by molar-refractivity contribution is 7.89. The molecule has 1 fully saturated rings. The van der Waals surface area contributed by atoms with Gasteiger partial charge in [-0.3, -0.25) is 4.90 Å². The Morgan fingerprint density at radius 1 is 1.17 bits per heavy atom. The van der Waals surface area contributed by atoms with Crippen molar-refractivity contribution in [1.82, 2.24) is 4.90 Å². The minimum Gasteiger partial charge on any atom is -0.467 e. The van der Waals surface area contributed by atoms with E-state index in [1.54, 1.807) is 19.1 Å². The van der Waals surface area contributed by atoms with Gasteiger partial charge in [0, 0.05) is 11.6 Å². The van der Waals surface area contributed by atoms with Gasteiger partial charge >= 0.3 is 18.0 Å². The van der Waals surface area contributed by atoms with Gasteiger partial charge in [0.25, 0.3) is 0 Å². The van der Waals surface area contributed by atoms with Crippen molar-refractivity contribution in [3.8, 4) is 0 Å². The van der Waals surface area contributed by atoms with Crippen LogP contribution in [0.15, 0.2) is 58.0 Å². The van der Waals surface area contributed by atoms with E-state index in [0.717, 1.165) is 29.2 Å². The molecule has 14 nitrogen and oxygen atoms in total. The van der Waals surface area contributed by atoms with Crippen molar-refractivity contribution in [2.24, 2.45) is 5.14 Å². The number of carbonyl (C=O) groups is 3. The van der Waals surface area contributed by atoms with Crippen molar-refractivity contribution in [1.29, 1.82) is 0 Å². The lowest BCUT2D eigenvalue weighted by atomic mass is 9.94. The lowest BCUT2D eigenvalue weighted by Crippen LogP contribution is -2.62. The number of hydrogen-bond donors (Lipinski definition) is 3. The van der Waals surface area contributed by atoms with Gasteiger partial charge in [-0.1, -0.05) is 18.5 Å². The number of amides is 1. The molecule has 0 bridgehead atoms. The number of carbonyl (C=O) groups excluding carboxylic acids is 3. The molecule has 48 heavy (non-hydrogen) atoms. The normalized spacial score (nSPS) is 20.1. The Kier molecular flexibility index (Phi) is 11.3. The number of nitrogens with zero attached hydrogens (tertiary/aromatic N) is 1. The molecule has 0 aliphatic carbocycles. The monoisotopic (exact) mass is 715 g/mol. The number of sulfonamides is 1. The van der Waals surface area contributed by atoms with Crippen LogP contribution in [0.3, 0.4) is 0 Å². The smallest absolute Gasteiger partial charge is 0.413 e. The quantitative estimate of drug-likeness (QED) is 0.191. The number of nitrogens with two attached hydrogens (primary N) is 1. The molecule has 1 amide bonds. The van der Waals surface area contributed by atoms with Gasteiger partial charge in [-0.05, 0) is 56.7 Å². The van der Waals surface area contributed by atoms with Gasteiger partial charge in [0.1, 0.15) is 22.3 Å². The molecule has 4 atom stereocenters. The summed E-state index contributed by atoms with van der Waals surface area (Å²) >= 11 is 6.11. The number of hydrogen-bond acceptors (Lipinski definition) is 12. The Morgan fingerprint density at radius 2 is 1.85 bits per heavy atom. The van der Waals surface area contributed by atoms with E-state index in [1.165, 1.54) is 20.1 Å². The first-order valence-electron chi connectivity index (χ1n) is 14.3. The summed E-state index contributed by atoms with van der Waals surface area (Å²) in [6.45, 7) is 3.32. The fourth-order valence-electron chi connectivity index (χ4n) is 4.92. The average molecular weight is 716 g/mol. The summed E-state index contributed by atoms with van der Waals surface area (Å²) in [5, 5.41) is 19.0. The number of furan rings is 1. The lowest BCUT2D eigenvalue weighted by Gasteiger charge is -2.47. The van der Waals surface area contributed by atoms with Crippen LogP contribution < -0.4 is 10.5 Å². The van der Waals surface area contributed by atoms with Crippen LogP contribution in [0.5, 0.6) is 0 Å². The third-order valence-electron chi connectivity index (χ3n) is 7.39. The first-order chi connectivity index (χ1) is 22.5. The van der Waals surface area contributed by atoms with Crippen LogP contribution >= 0.6 is 11.6 Å². The second-order valence-corrected chi connectivity index (χ2v) is 12.6. The maximum absolute atomic E-state index is 13.9. The van der Waals surface area contributed by atoms with Gasteiger partial charge < -0.3 is 33.8 Å².